The average molecular weight is 305 g/mol. The first-order valence-corrected chi connectivity index (χ1v) is 7.16. The number of carbonyl (C=O) groups excluding carboxylic acids is 1. The molecule has 0 radical (unpaired) electrons. The third kappa shape index (κ3) is 3.54. The minimum Gasteiger partial charge on any atom is -0.451 e. The van der Waals surface area contributed by atoms with Gasteiger partial charge in [-0.25, -0.2) is 4.39 Å². The van der Waals surface area contributed by atoms with Gasteiger partial charge >= 0.3 is 0 Å². The Balaban J connectivity index is 2.09. The van der Waals surface area contributed by atoms with Crippen LogP contribution in [0.5, 0.6) is 0 Å². The lowest BCUT2D eigenvalue weighted by Gasteiger charge is -2.27. The van der Waals surface area contributed by atoms with Gasteiger partial charge in [0.05, 0.1) is 11.2 Å². The standard InChI is InChI=1S/C17H20FNO3/c1-11(2)17(3,21)10-19-16(20)15-9-8-14(22-15)12-6-4-5-7-13(12)18/h4-9,11,21H,10H2,1-3H3,(H,19,20). The van der Waals surface area contributed by atoms with Crippen molar-refractivity contribution in [2.45, 2.75) is 26.4 Å². The van der Waals surface area contributed by atoms with Crippen molar-refractivity contribution in [1.82, 2.24) is 5.32 Å². The van der Waals surface area contributed by atoms with Crippen LogP contribution in [0, 0.1) is 11.7 Å². The van der Waals surface area contributed by atoms with Gasteiger partial charge in [0.1, 0.15) is 11.6 Å². The number of aliphatic hydroxyl groups is 1. The average Bonchev–Trinajstić information content (AvgIpc) is 2.95. The van der Waals surface area contributed by atoms with Crippen LogP contribution in [0.15, 0.2) is 40.8 Å². The van der Waals surface area contributed by atoms with Crippen LogP contribution >= 0.6 is 0 Å². The quantitative estimate of drug-likeness (QED) is 0.891. The molecule has 0 spiro atoms. The minimum atomic E-state index is -1.00. The predicted octanol–water partition coefficient (Wildman–Crippen LogP) is 3.22. The van der Waals surface area contributed by atoms with Crippen molar-refractivity contribution >= 4 is 5.91 Å². The molecular formula is C17H20FNO3. The summed E-state index contributed by atoms with van der Waals surface area (Å²) in [6.07, 6.45) is 0. The van der Waals surface area contributed by atoms with Gasteiger partial charge in [-0.1, -0.05) is 26.0 Å². The first-order valence-electron chi connectivity index (χ1n) is 7.16. The lowest BCUT2D eigenvalue weighted by Crippen LogP contribution is -2.44. The van der Waals surface area contributed by atoms with Crippen molar-refractivity contribution in [3.05, 3.63) is 48.0 Å². The summed E-state index contributed by atoms with van der Waals surface area (Å²) in [5.41, 5.74) is -0.702. The van der Waals surface area contributed by atoms with Gasteiger partial charge < -0.3 is 14.8 Å². The van der Waals surface area contributed by atoms with Crippen LogP contribution in [0.2, 0.25) is 0 Å². The second-order valence-corrected chi connectivity index (χ2v) is 5.84. The third-order valence-electron chi connectivity index (χ3n) is 3.82. The second-order valence-electron chi connectivity index (χ2n) is 5.84. The maximum Gasteiger partial charge on any atom is 0.287 e. The largest absolute Gasteiger partial charge is 0.451 e. The third-order valence-corrected chi connectivity index (χ3v) is 3.82. The Bertz CT molecular complexity index is 661. The lowest BCUT2D eigenvalue weighted by molar-refractivity contribution is 0.0139. The molecule has 1 heterocycles. The van der Waals surface area contributed by atoms with Crippen molar-refractivity contribution in [1.29, 1.82) is 0 Å². The number of furan rings is 1. The summed E-state index contributed by atoms with van der Waals surface area (Å²) in [6, 6.07) is 9.23. The number of amides is 1. The van der Waals surface area contributed by atoms with Crippen molar-refractivity contribution in [2.24, 2.45) is 5.92 Å². The molecule has 0 saturated carbocycles. The van der Waals surface area contributed by atoms with Gasteiger partial charge in [0.25, 0.3) is 5.91 Å². The van der Waals surface area contributed by atoms with Crippen LogP contribution in [0.4, 0.5) is 4.39 Å². The van der Waals surface area contributed by atoms with E-state index < -0.39 is 17.3 Å². The Morgan fingerprint density at radius 2 is 2.00 bits per heavy atom. The number of rotatable bonds is 5. The van der Waals surface area contributed by atoms with Gasteiger partial charge in [0, 0.05) is 6.54 Å². The molecule has 2 aromatic rings. The molecule has 0 aliphatic carbocycles. The number of hydrogen-bond donors (Lipinski definition) is 2. The molecule has 22 heavy (non-hydrogen) atoms. The smallest absolute Gasteiger partial charge is 0.287 e. The summed E-state index contributed by atoms with van der Waals surface area (Å²) >= 11 is 0. The zero-order valence-electron chi connectivity index (χ0n) is 12.9. The number of hydrogen-bond acceptors (Lipinski definition) is 3. The van der Waals surface area contributed by atoms with Crippen molar-refractivity contribution in [3.8, 4) is 11.3 Å². The SMILES string of the molecule is CC(C)C(C)(O)CNC(=O)c1ccc(-c2ccccc2F)o1. The van der Waals surface area contributed by atoms with E-state index in [0.717, 1.165) is 0 Å². The van der Waals surface area contributed by atoms with Gasteiger partial charge in [0.15, 0.2) is 5.76 Å². The van der Waals surface area contributed by atoms with E-state index in [1.165, 1.54) is 12.1 Å². The van der Waals surface area contributed by atoms with E-state index in [4.69, 9.17) is 4.42 Å². The fraction of sp³-hybridized carbons (Fsp3) is 0.353. The maximum atomic E-state index is 13.7. The van der Waals surface area contributed by atoms with Gasteiger partial charge in [-0.15, -0.1) is 0 Å². The molecule has 1 atom stereocenters. The zero-order valence-corrected chi connectivity index (χ0v) is 12.9. The highest BCUT2D eigenvalue weighted by Gasteiger charge is 2.26. The van der Waals surface area contributed by atoms with E-state index in [1.807, 2.05) is 13.8 Å². The molecule has 2 rings (SSSR count). The van der Waals surface area contributed by atoms with Gasteiger partial charge in [-0.05, 0) is 37.1 Å². The fourth-order valence-electron chi connectivity index (χ4n) is 1.82. The van der Waals surface area contributed by atoms with Gasteiger partial charge in [-0.2, -0.15) is 0 Å². The molecule has 1 amide bonds. The van der Waals surface area contributed by atoms with E-state index in [9.17, 15) is 14.3 Å². The van der Waals surface area contributed by atoms with Crippen molar-refractivity contribution in [3.63, 3.8) is 0 Å². The molecular weight excluding hydrogens is 285 g/mol. The summed E-state index contributed by atoms with van der Waals surface area (Å²) in [4.78, 5) is 12.0. The Hall–Kier alpha value is -2.14. The highest BCUT2D eigenvalue weighted by molar-refractivity contribution is 5.92. The van der Waals surface area contributed by atoms with Crippen molar-refractivity contribution in [2.75, 3.05) is 6.54 Å². The molecule has 1 unspecified atom stereocenters. The van der Waals surface area contributed by atoms with Gasteiger partial charge in [0.2, 0.25) is 0 Å². The number of benzene rings is 1. The van der Waals surface area contributed by atoms with E-state index in [0.29, 0.717) is 11.3 Å². The summed E-state index contributed by atoms with van der Waals surface area (Å²) in [5, 5.41) is 12.7. The van der Waals surface area contributed by atoms with E-state index in [1.54, 1.807) is 31.2 Å². The topological polar surface area (TPSA) is 62.5 Å². The number of carbonyl (C=O) groups is 1. The first kappa shape index (κ1) is 16.2. The minimum absolute atomic E-state index is 0.00150. The van der Waals surface area contributed by atoms with Crippen LogP contribution in [0.25, 0.3) is 11.3 Å². The highest BCUT2D eigenvalue weighted by Crippen LogP contribution is 2.24. The molecule has 118 valence electrons. The summed E-state index contributed by atoms with van der Waals surface area (Å²) in [7, 11) is 0. The maximum absolute atomic E-state index is 13.7. The van der Waals surface area contributed by atoms with Crippen LogP contribution in [0.1, 0.15) is 31.3 Å². The predicted molar refractivity (Wildman–Crippen MR) is 81.9 cm³/mol. The molecule has 1 aromatic heterocycles. The molecule has 0 fully saturated rings. The summed E-state index contributed by atoms with van der Waals surface area (Å²) in [5.74, 6) is -0.481. The Labute approximate surface area is 129 Å². The number of nitrogens with one attached hydrogen (secondary N) is 1. The number of halogens is 1. The van der Waals surface area contributed by atoms with Gasteiger partial charge in [-0.3, -0.25) is 4.79 Å². The monoisotopic (exact) mass is 305 g/mol. The summed E-state index contributed by atoms with van der Waals surface area (Å²) in [6.45, 7) is 5.51. The molecule has 5 heteroatoms. The molecule has 1 aromatic carbocycles. The van der Waals surface area contributed by atoms with E-state index >= 15 is 0 Å². The van der Waals surface area contributed by atoms with E-state index in [-0.39, 0.29) is 18.2 Å². The Kier molecular flexibility index (Phi) is 4.66. The lowest BCUT2D eigenvalue weighted by atomic mass is 9.92. The van der Waals surface area contributed by atoms with Crippen LogP contribution < -0.4 is 5.32 Å². The molecule has 0 aliphatic rings. The Morgan fingerprint density at radius 1 is 1.32 bits per heavy atom. The molecule has 4 nitrogen and oxygen atoms in total. The second kappa shape index (κ2) is 6.32. The van der Waals surface area contributed by atoms with Crippen molar-refractivity contribution < 1.29 is 18.7 Å². The Morgan fingerprint density at radius 3 is 2.64 bits per heavy atom. The molecule has 0 aliphatic heterocycles. The summed E-state index contributed by atoms with van der Waals surface area (Å²) < 4.78 is 19.1. The highest BCUT2D eigenvalue weighted by atomic mass is 19.1. The van der Waals surface area contributed by atoms with Crippen LogP contribution in [-0.2, 0) is 0 Å². The first-order chi connectivity index (χ1) is 10.3. The molecule has 2 N–H and O–H groups in total. The normalized spacial score (nSPS) is 13.9. The molecule has 0 saturated heterocycles. The van der Waals surface area contributed by atoms with Crippen LogP contribution in [0.3, 0.4) is 0 Å². The zero-order chi connectivity index (χ0) is 16.3. The molecule has 0 bridgehead atoms. The van der Waals surface area contributed by atoms with E-state index in [2.05, 4.69) is 5.32 Å². The van der Waals surface area contributed by atoms with Crippen LogP contribution in [-0.4, -0.2) is 23.2 Å². The fourth-order valence-corrected chi connectivity index (χ4v) is 1.82.